The van der Waals surface area contributed by atoms with Crippen LogP contribution in [0.5, 0.6) is 0 Å². The van der Waals surface area contributed by atoms with Gasteiger partial charge in [0.2, 0.25) is 11.8 Å². The number of aryl methyl sites for hydroxylation is 2. The van der Waals surface area contributed by atoms with Crippen LogP contribution in [0.25, 0.3) is 0 Å². The molecule has 0 aliphatic carbocycles. The minimum absolute atomic E-state index is 0.0381. The summed E-state index contributed by atoms with van der Waals surface area (Å²) in [5, 5.41) is 3.29. The Morgan fingerprint density at radius 2 is 1.54 bits per heavy atom. The van der Waals surface area contributed by atoms with Gasteiger partial charge in [0.25, 0.3) is 10.0 Å². The third kappa shape index (κ3) is 7.19. The topological polar surface area (TPSA) is 86.8 Å². The van der Waals surface area contributed by atoms with Crippen LogP contribution >= 0.6 is 11.6 Å². The Morgan fingerprint density at radius 3 is 2.15 bits per heavy atom. The van der Waals surface area contributed by atoms with Gasteiger partial charge in [-0.25, -0.2) is 8.42 Å². The zero-order valence-electron chi connectivity index (χ0n) is 23.2. The van der Waals surface area contributed by atoms with E-state index < -0.39 is 28.5 Å². The summed E-state index contributed by atoms with van der Waals surface area (Å²) in [4.78, 5) is 28.5. The average Bonchev–Trinajstić information content (AvgIpc) is 2.88. The molecule has 0 saturated heterocycles. The molecule has 0 saturated carbocycles. The highest BCUT2D eigenvalue weighted by molar-refractivity contribution is 7.92. The first-order valence-corrected chi connectivity index (χ1v) is 14.6. The summed E-state index contributed by atoms with van der Waals surface area (Å²) in [5.74, 6) is -0.872. The molecule has 0 bridgehead atoms. The zero-order chi connectivity index (χ0) is 28.9. The summed E-state index contributed by atoms with van der Waals surface area (Å²) in [5.41, 5.74) is 3.60. The fraction of sp³-hybridized carbons (Fsp3) is 0.333. The maximum Gasteiger partial charge on any atom is 0.264 e. The molecule has 7 nitrogen and oxygen atoms in total. The molecule has 0 radical (unpaired) electrons. The molecule has 2 amide bonds. The van der Waals surface area contributed by atoms with Crippen molar-refractivity contribution in [3.8, 4) is 0 Å². The maximum atomic E-state index is 14.0. The van der Waals surface area contributed by atoms with Gasteiger partial charge in [-0.1, -0.05) is 59.6 Å². The lowest BCUT2D eigenvalue weighted by atomic mass is 10.1. The van der Waals surface area contributed by atoms with Crippen molar-refractivity contribution in [3.63, 3.8) is 0 Å². The van der Waals surface area contributed by atoms with Crippen molar-refractivity contribution in [2.24, 2.45) is 0 Å². The molecule has 39 heavy (non-hydrogen) atoms. The Morgan fingerprint density at radius 1 is 0.897 bits per heavy atom. The number of hydrogen-bond acceptors (Lipinski definition) is 4. The minimum Gasteiger partial charge on any atom is -0.352 e. The first-order valence-electron chi connectivity index (χ1n) is 12.8. The van der Waals surface area contributed by atoms with E-state index in [0.717, 1.165) is 21.0 Å². The summed E-state index contributed by atoms with van der Waals surface area (Å²) in [6.07, 6.45) is 0. The molecule has 208 valence electrons. The van der Waals surface area contributed by atoms with Gasteiger partial charge in [-0.3, -0.25) is 13.9 Å². The first kappa shape index (κ1) is 30.2. The van der Waals surface area contributed by atoms with Crippen LogP contribution < -0.4 is 9.62 Å². The highest BCUT2D eigenvalue weighted by Gasteiger charge is 2.33. The summed E-state index contributed by atoms with van der Waals surface area (Å²) in [6.45, 7) is 10.4. The standard InChI is InChI=1S/C30H36ClN3O4S/c1-20(2)32-30(36)24(6)33(18-25-11-7-8-12-27(25)31)29(35)19-34(28-13-9-10-22(4)23(28)5)39(37,38)26-16-14-21(3)15-17-26/h7-17,20,24H,18-19H2,1-6H3,(H,32,36)/t24-/m1/s1. The summed E-state index contributed by atoms with van der Waals surface area (Å²) in [7, 11) is -4.13. The Bertz CT molecular complexity index is 1440. The van der Waals surface area contributed by atoms with Gasteiger partial charge in [0, 0.05) is 17.6 Å². The van der Waals surface area contributed by atoms with E-state index in [-0.39, 0.29) is 23.4 Å². The summed E-state index contributed by atoms with van der Waals surface area (Å²) >= 11 is 6.40. The molecule has 9 heteroatoms. The van der Waals surface area contributed by atoms with Gasteiger partial charge >= 0.3 is 0 Å². The third-order valence-corrected chi connectivity index (χ3v) is 8.77. The molecule has 0 aromatic heterocycles. The van der Waals surface area contributed by atoms with Crippen LogP contribution in [0.1, 0.15) is 43.0 Å². The SMILES string of the molecule is Cc1ccc(S(=O)(=O)N(CC(=O)N(Cc2ccccc2Cl)[C@H](C)C(=O)NC(C)C)c2cccc(C)c2C)cc1. The van der Waals surface area contributed by atoms with E-state index in [2.05, 4.69) is 5.32 Å². The van der Waals surface area contributed by atoms with Crippen molar-refractivity contribution in [3.05, 3.63) is 94.0 Å². The van der Waals surface area contributed by atoms with E-state index in [4.69, 9.17) is 11.6 Å². The molecule has 0 aliphatic rings. The fourth-order valence-electron chi connectivity index (χ4n) is 4.15. The Kier molecular flexibility index (Phi) is 9.80. The molecule has 3 aromatic rings. The van der Waals surface area contributed by atoms with Gasteiger partial charge in [-0.15, -0.1) is 0 Å². The predicted octanol–water partition coefficient (Wildman–Crippen LogP) is 5.40. The Hall–Kier alpha value is -3.36. The van der Waals surface area contributed by atoms with E-state index in [1.54, 1.807) is 55.5 Å². The number of sulfonamides is 1. The van der Waals surface area contributed by atoms with Gasteiger partial charge in [0.05, 0.1) is 10.6 Å². The number of carbonyl (C=O) groups excluding carboxylic acids is 2. The smallest absolute Gasteiger partial charge is 0.264 e. The molecule has 1 N–H and O–H groups in total. The van der Waals surface area contributed by atoms with E-state index in [9.17, 15) is 18.0 Å². The number of hydrogen-bond donors (Lipinski definition) is 1. The lowest BCUT2D eigenvalue weighted by Gasteiger charge is -2.33. The molecule has 3 aromatic carbocycles. The lowest BCUT2D eigenvalue weighted by Crippen LogP contribution is -2.52. The van der Waals surface area contributed by atoms with Crippen molar-refractivity contribution < 1.29 is 18.0 Å². The number of carbonyl (C=O) groups is 2. The van der Waals surface area contributed by atoms with Crippen molar-refractivity contribution in [2.75, 3.05) is 10.8 Å². The van der Waals surface area contributed by atoms with E-state index in [0.29, 0.717) is 16.3 Å². The Balaban J connectivity index is 2.09. The fourth-order valence-corrected chi connectivity index (χ4v) is 5.82. The number of nitrogens with one attached hydrogen (secondary N) is 1. The van der Waals surface area contributed by atoms with Gasteiger partial charge in [0.15, 0.2) is 0 Å². The third-order valence-electron chi connectivity index (χ3n) is 6.63. The monoisotopic (exact) mass is 569 g/mol. The molecule has 0 unspecified atom stereocenters. The average molecular weight is 570 g/mol. The number of amides is 2. The van der Waals surface area contributed by atoms with Gasteiger partial charge in [-0.2, -0.15) is 0 Å². The number of nitrogens with zero attached hydrogens (tertiary/aromatic N) is 2. The second-order valence-corrected chi connectivity index (χ2v) is 12.3. The van der Waals surface area contributed by atoms with E-state index in [1.165, 1.54) is 17.0 Å². The molecular weight excluding hydrogens is 534 g/mol. The first-order chi connectivity index (χ1) is 18.3. The van der Waals surface area contributed by atoms with Crippen LogP contribution in [0, 0.1) is 20.8 Å². The molecule has 0 aliphatic heterocycles. The van der Waals surface area contributed by atoms with Crippen molar-refractivity contribution in [2.45, 2.75) is 65.1 Å². The van der Waals surface area contributed by atoms with Crippen molar-refractivity contribution >= 4 is 39.1 Å². The minimum atomic E-state index is -4.13. The maximum absolute atomic E-state index is 14.0. The van der Waals surface area contributed by atoms with Crippen LogP contribution in [0.15, 0.2) is 71.6 Å². The summed E-state index contributed by atoms with van der Waals surface area (Å²) in [6, 6.07) is 17.9. The molecule has 3 rings (SSSR count). The van der Waals surface area contributed by atoms with Crippen LogP contribution in [-0.2, 0) is 26.2 Å². The van der Waals surface area contributed by atoms with Crippen LogP contribution in [0.2, 0.25) is 5.02 Å². The molecule has 0 fully saturated rings. The number of benzene rings is 3. The van der Waals surface area contributed by atoms with E-state index >= 15 is 0 Å². The second-order valence-electron chi connectivity index (χ2n) is 10.00. The predicted molar refractivity (Wildman–Crippen MR) is 156 cm³/mol. The number of rotatable bonds is 10. The second kappa shape index (κ2) is 12.7. The summed E-state index contributed by atoms with van der Waals surface area (Å²) < 4.78 is 29.1. The molecule has 0 spiro atoms. The highest BCUT2D eigenvalue weighted by Crippen LogP contribution is 2.29. The van der Waals surface area contributed by atoms with Crippen molar-refractivity contribution in [1.29, 1.82) is 0 Å². The molecule has 1 atom stereocenters. The molecule has 0 heterocycles. The van der Waals surface area contributed by atoms with Gasteiger partial charge < -0.3 is 10.2 Å². The van der Waals surface area contributed by atoms with E-state index in [1.807, 2.05) is 40.7 Å². The van der Waals surface area contributed by atoms with Crippen LogP contribution in [0.4, 0.5) is 5.69 Å². The normalized spacial score (nSPS) is 12.2. The van der Waals surface area contributed by atoms with Gasteiger partial charge in [-0.05, 0) is 82.5 Å². The lowest BCUT2D eigenvalue weighted by molar-refractivity contribution is -0.139. The Labute approximate surface area is 236 Å². The number of anilines is 1. The molecular formula is C30H36ClN3O4S. The largest absolute Gasteiger partial charge is 0.352 e. The highest BCUT2D eigenvalue weighted by atomic mass is 35.5. The van der Waals surface area contributed by atoms with Crippen molar-refractivity contribution in [1.82, 2.24) is 10.2 Å². The van der Waals surface area contributed by atoms with Crippen LogP contribution in [0.3, 0.4) is 0 Å². The van der Waals surface area contributed by atoms with Gasteiger partial charge in [0.1, 0.15) is 12.6 Å². The quantitative estimate of drug-likeness (QED) is 0.354. The zero-order valence-corrected chi connectivity index (χ0v) is 24.8. The number of halogens is 1. The van der Waals surface area contributed by atoms with Crippen LogP contribution in [-0.4, -0.2) is 43.8 Å².